The average Bonchev–Trinajstić information content (AvgIpc) is 3.29. The maximum absolute atomic E-state index is 14.9. The number of aromatic nitrogens is 2. The predicted octanol–water partition coefficient (Wildman–Crippen LogP) is 8.81. The van der Waals surface area contributed by atoms with Gasteiger partial charge in [-0.05, 0) is 60.5 Å². The topological polar surface area (TPSA) is 34.9 Å². The molecule has 0 amide bonds. The van der Waals surface area contributed by atoms with Crippen LogP contribution in [-0.4, -0.2) is 15.3 Å². The highest BCUT2D eigenvalue weighted by Gasteiger charge is 2.30. The van der Waals surface area contributed by atoms with Gasteiger partial charge in [0, 0.05) is 46.3 Å². The smallest absolute Gasteiger partial charge is 0.162 e. The van der Waals surface area contributed by atoms with Crippen molar-refractivity contribution in [3.05, 3.63) is 116 Å². The number of Topliss-reactive ketones (excluding diaryl/α,β-unsaturated/α-hetero) is 1. The van der Waals surface area contributed by atoms with Gasteiger partial charge in [-0.1, -0.05) is 61.6 Å². The molecule has 0 aliphatic rings. The van der Waals surface area contributed by atoms with Crippen molar-refractivity contribution in [3.8, 4) is 5.69 Å². The molecule has 3 aromatic carbocycles. The van der Waals surface area contributed by atoms with Crippen molar-refractivity contribution < 1.29 is 13.6 Å². The van der Waals surface area contributed by atoms with E-state index < -0.39 is 11.2 Å². The second-order valence-electron chi connectivity index (χ2n) is 9.32. The zero-order valence-corrected chi connectivity index (χ0v) is 22.9. The quantitative estimate of drug-likeness (QED) is 0.201. The van der Waals surface area contributed by atoms with Gasteiger partial charge in [-0.25, -0.2) is 13.8 Å². The number of benzene rings is 3. The molecule has 1 heterocycles. The molecule has 0 radical (unpaired) electrons. The minimum absolute atomic E-state index is 0.173. The first kappa shape index (κ1) is 27.3. The molecule has 0 atom stereocenters. The highest BCUT2D eigenvalue weighted by Crippen LogP contribution is 2.37. The van der Waals surface area contributed by atoms with Crippen LogP contribution in [0, 0.1) is 11.6 Å². The summed E-state index contributed by atoms with van der Waals surface area (Å²) in [5.74, 6) is -0.404. The number of hydrogen-bond donors (Lipinski definition) is 0. The standard InChI is InChI=1S/C29H25Cl3F2N2O/c1-4-26(37)17-13-23(31)21(25(34)14-17)10-12-28-35-16-27(36(28)20-8-6-19(33)7-9-20)29(2,3)18-5-11-22(30)24(32)15-18/h5-9,11,13-16H,4,10,12H2,1-3H3. The van der Waals surface area contributed by atoms with E-state index in [2.05, 4.69) is 4.98 Å². The van der Waals surface area contributed by atoms with Gasteiger partial charge in [-0.3, -0.25) is 9.36 Å². The van der Waals surface area contributed by atoms with Crippen LogP contribution in [0.15, 0.2) is 60.8 Å². The van der Waals surface area contributed by atoms with Gasteiger partial charge in [-0.2, -0.15) is 0 Å². The van der Waals surface area contributed by atoms with E-state index in [1.165, 1.54) is 24.3 Å². The van der Waals surface area contributed by atoms with E-state index in [1.807, 2.05) is 30.5 Å². The second kappa shape index (κ2) is 10.9. The van der Waals surface area contributed by atoms with Gasteiger partial charge in [0.1, 0.15) is 17.5 Å². The Hall–Kier alpha value is -2.73. The molecule has 1 aromatic heterocycles. The van der Waals surface area contributed by atoms with Crippen LogP contribution < -0.4 is 0 Å². The molecule has 0 unspecified atom stereocenters. The summed E-state index contributed by atoms with van der Waals surface area (Å²) in [5, 5.41) is 1.10. The molecular formula is C29H25Cl3F2N2O. The summed E-state index contributed by atoms with van der Waals surface area (Å²) in [6.07, 6.45) is 2.65. The summed E-state index contributed by atoms with van der Waals surface area (Å²) >= 11 is 18.8. The van der Waals surface area contributed by atoms with Gasteiger partial charge < -0.3 is 0 Å². The molecule has 0 saturated heterocycles. The normalized spacial score (nSPS) is 11.7. The lowest BCUT2D eigenvalue weighted by molar-refractivity contribution is 0.0987. The van der Waals surface area contributed by atoms with Crippen molar-refractivity contribution in [1.82, 2.24) is 9.55 Å². The number of hydrogen-bond acceptors (Lipinski definition) is 2. The number of aryl methyl sites for hydroxylation is 1. The number of halogens is 5. The van der Waals surface area contributed by atoms with Crippen molar-refractivity contribution in [2.75, 3.05) is 0 Å². The molecule has 192 valence electrons. The third kappa shape index (κ3) is 5.59. The Labute approximate surface area is 230 Å². The highest BCUT2D eigenvalue weighted by atomic mass is 35.5. The minimum atomic E-state index is -0.557. The summed E-state index contributed by atoms with van der Waals surface area (Å²) < 4.78 is 30.6. The number of carbonyl (C=O) groups excluding carboxylic acids is 1. The fourth-order valence-corrected chi connectivity index (χ4v) is 4.96. The van der Waals surface area contributed by atoms with Crippen LogP contribution >= 0.6 is 34.8 Å². The van der Waals surface area contributed by atoms with E-state index in [0.717, 1.165) is 11.3 Å². The first-order valence-corrected chi connectivity index (χ1v) is 13.0. The summed E-state index contributed by atoms with van der Waals surface area (Å²) in [4.78, 5) is 16.7. The Kier molecular flexibility index (Phi) is 8.08. The Morgan fingerprint density at radius 1 is 0.919 bits per heavy atom. The van der Waals surface area contributed by atoms with E-state index >= 15 is 0 Å². The maximum atomic E-state index is 14.9. The van der Waals surface area contributed by atoms with Gasteiger partial charge in [0.2, 0.25) is 0 Å². The van der Waals surface area contributed by atoms with E-state index in [-0.39, 0.29) is 35.0 Å². The van der Waals surface area contributed by atoms with Crippen LogP contribution in [0.5, 0.6) is 0 Å². The molecule has 4 aromatic rings. The van der Waals surface area contributed by atoms with Crippen molar-refractivity contribution in [2.24, 2.45) is 0 Å². The summed E-state index contributed by atoms with van der Waals surface area (Å²) in [5.41, 5.74) is 2.48. The molecule has 8 heteroatoms. The Morgan fingerprint density at radius 3 is 2.24 bits per heavy atom. The van der Waals surface area contributed by atoms with Crippen LogP contribution in [0.25, 0.3) is 5.69 Å². The Balaban J connectivity index is 1.76. The fraction of sp³-hybridized carbons (Fsp3) is 0.241. The number of rotatable bonds is 8. The van der Waals surface area contributed by atoms with Gasteiger partial charge >= 0.3 is 0 Å². The second-order valence-corrected chi connectivity index (χ2v) is 10.5. The first-order chi connectivity index (χ1) is 17.5. The SMILES string of the molecule is CCC(=O)c1cc(F)c(CCc2ncc(C(C)(C)c3ccc(Cl)c(Cl)c3)n2-c2ccc(F)cc2)c(Cl)c1. The average molecular weight is 562 g/mol. The monoisotopic (exact) mass is 560 g/mol. The number of carbonyl (C=O) groups is 1. The Bertz CT molecular complexity index is 1440. The first-order valence-electron chi connectivity index (χ1n) is 11.8. The van der Waals surface area contributed by atoms with E-state index in [0.29, 0.717) is 33.5 Å². The molecule has 3 nitrogen and oxygen atoms in total. The van der Waals surface area contributed by atoms with Crippen LogP contribution in [0.4, 0.5) is 8.78 Å². The lowest BCUT2D eigenvalue weighted by atomic mass is 9.81. The zero-order chi connectivity index (χ0) is 26.9. The van der Waals surface area contributed by atoms with Crippen LogP contribution in [0.2, 0.25) is 15.1 Å². The third-order valence-electron chi connectivity index (χ3n) is 6.58. The van der Waals surface area contributed by atoms with Crippen LogP contribution in [-0.2, 0) is 18.3 Å². The number of nitrogens with zero attached hydrogens (tertiary/aromatic N) is 2. The molecule has 0 saturated carbocycles. The third-order valence-corrected chi connectivity index (χ3v) is 7.66. The minimum Gasteiger partial charge on any atom is -0.300 e. The molecule has 4 rings (SSSR count). The predicted molar refractivity (Wildman–Crippen MR) is 146 cm³/mol. The van der Waals surface area contributed by atoms with Crippen molar-refractivity contribution in [3.63, 3.8) is 0 Å². The van der Waals surface area contributed by atoms with Crippen molar-refractivity contribution in [2.45, 2.75) is 45.4 Å². The highest BCUT2D eigenvalue weighted by molar-refractivity contribution is 6.42. The van der Waals surface area contributed by atoms with Gasteiger partial charge in [0.25, 0.3) is 0 Å². The van der Waals surface area contributed by atoms with Crippen molar-refractivity contribution >= 4 is 40.6 Å². The van der Waals surface area contributed by atoms with E-state index in [4.69, 9.17) is 34.8 Å². The van der Waals surface area contributed by atoms with E-state index in [9.17, 15) is 13.6 Å². The molecule has 0 aliphatic carbocycles. The summed E-state index contributed by atoms with van der Waals surface area (Å²) in [7, 11) is 0. The molecule has 0 spiro atoms. The molecule has 37 heavy (non-hydrogen) atoms. The molecule has 0 aliphatic heterocycles. The molecule has 0 N–H and O–H groups in total. The molecule has 0 bridgehead atoms. The summed E-state index contributed by atoms with van der Waals surface area (Å²) in [6.45, 7) is 5.79. The molecule has 0 fully saturated rings. The van der Waals surface area contributed by atoms with Crippen molar-refractivity contribution in [1.29, 1.82) is 0 Å². The van der Waals surface area contributed by atoms with Gasteiger partial charge in [-0.15, -0.1) is 0 Å². The largest absolute Gasteiger partial charge is 0.300 e. The number of imidazole rings is 1. The number of ketones is 1. The van der Waals surface area contributed by atoms with Gasteiger partial charge in [0.15, 0.2) is 5.78 Å². The van der Waals surface area contributed by atoms with E-state index in [1.54, 1.807) is 31.3 Å². The van der Waals surface area contributed by atoms with Crippen LogP contribution in [0.1, 0.15) is 60.2 Å². The maximum Gasteiger partial charge on any atom is 0.162 e. The molecular weight excluding hydrogens is 537 g/mol. The Morgan fingerprint density at radius 2 is 1.62 bits per heavy atom. The lowest BCUT2D eigenvalue weighted by Crippen LogP contribution is -2.23. The summed E-state index contributed by atoms with van der Waals surface area (Å²) in [6, 6.07) is 14.3. The lowest BCUT2D eigenvalue weighted by Gasteiger charge is -2.28. The van der Waals surface area contributed by atoms with Gasteiger partial charge in [0.05, 0.1) is 15.7 Å². The zero-order valence-electron chi connectivity index (χ0n) is 20.6. The van der Waals surface area contributed by atoms with Crippen LogP contribution in [0.3, 0.4) is 0 Å². The fourth-order valence-electron chi connectivity index (χ4n) is 4.36.